The highest BCUT2D eigenvalue weighted by molar-refractivity contribution is 6.84. The van der Waals surface area contributed by atoms with Crippen LogP contribution in [-0.4, -0.2) is 20.1 Å². The Morgan fingerprint density at radius 3 is 2.04 bits per heavy atom. The van der Waals surface area contributed by atoms with Gasteiger partial charge in [-0.05, 0) is 54.8 Å². The van der Waals surface area contributed by atoms with Gasteiger partial charge >= 0.3 is 6.18 Å². The SMILES string of the molecule is C[Si](C)(OC1(C(F)(F)F)C=C1CCCc1ccccc1)c1ccccc1. The molecule has 1 aliphatic carbocycles. The van der Waals surface area contributed by atoms with E-state index in [2.05, 4.69) is 0 Å². The minimum Gasteiger partial charge on any atom is -0.393 e. The van der Waals surface area contributed by atoms with Crippen molar-refractivity contribution in [3.8, 4) is 0 Å². The van der Waals surface area contributed by atoms with Gasteiger partial charge in [-0.2, -0.15) is 13.2 Å². The molecule has 5 heteroatoms. The summed E-state index contributed by atoms with van der Waals surface area (Å²) < 4.78 is 47.2. The summed E-state index contributed by atoms with van der Waals surface area (Å²) in [5.74, 6) is 0. The topological polar surface area (TPSA) is 9.23 Å². The molecule has 1 aliphatic rings. The molecule has 1 atom stereocenters. The van der Waals surface area contributed by atoms with Crippen LogP contribution in [0.15, 0.2) is 72.3 Å². The van der Waals surface area contributed by atoms with Gasteiger partial charge in [-0.3, -0.25) is 0 Å². The average molecular weight is 376 g/mol. The second kappa shape index (κ2) is 7.04. The number of rotatable bonds is 7. The summed E-state index contributed by atoms with van der Waals surface area (Å²) in [6.45, 7) is 3.65. The molecular formula is C21H23F3OSi. The van der Waals surface area contributed by atoms with Crippen molar-refractivity contribution in [1.29, 1.82) is 0 Å². The van der Waals surface area contributed by atoms with E-state index >= 15 is 0 Å². The van der Waals surface area contributed by atoms with Crippen LogP contribution in [0.1, 0.15) is 18.4 Å². The lowest BCUT2D eigenvalue weighted by Crippen LogP contribution is -2.53. The van der Waals surface area contributed by atoms with E-state index in [0.717, 1.165) is 17.2 Å². The number of aryl methyl sites for hydroxylation is 1. The molecule has 2 aromatic carbocycles. The summed E-state index contributed by atoms with van der Waals surface area (Å²) in [5.41, 5.74) is -0.640. The van der Waals surface area contributed by atoms with Gasteiger partial charge in [0.2, 0.25) is 8.32 Å². The third-order valence-corrected chi connectivity index (χ3v) is 7.39. The van der Waals surface area contributed by atoms with Gasteiger partial charge < -0.3 is 4.43 Å². The molecule has 0 spiro atoms. The Kier molecular flexibility index (Phi) is 5.13. The number of hydrogen-bond acceptors (Lipinski definition) is 1. The summed E-state index contributed by atoms with van der Waals surface area (Å²) in [7, 11) is -2.68. The lowest BCUT2D eigenvalue weighted by Gasteiger charge is -2.33. The van der Waals surface area contributed by atoms with Crippen molar-refractivity contribution in [2.75, 3.05) is 0 Å². The van der Waals surface area contributed by atoms with E-state index in [0.29, 0.717) is 18.4 Å². The molecule has 0 amide bonds. The second-order valence-corrected chi connectivity index (χ2v) is 11.0. The zero-order valence-electron chi connectivity index (χ0n) is 15.0. The Morgan fingerprint density at radius 2 is 1.46 bits per heavy atom. The van der Waals surface area contributed by atoms with Crippen molar-refractivity contribution in [3.05, 3.63) is 77.9 Å². The minimum atomic E-state index is -4.41. The van der Waals surface area contributed by atoms with E-state index in [9.17, 15) is 13.2 Å². The molecular weight excluding hydrogens is 353 g/mol. The lowest BCUT2D eigenvalue weighted by molar-refractivity contribution is -0.203. The van der Waals surface area contributed by atoms with Crippen LogP contribution in [0.25, 0.3) is 0 Å². The van der Waals surface area contributed by atoms with Crippen LogP contribution < -0.4 is 5.19 Å². The van der Waals surface area contributed by atoms with Gasteiger partial charge in [0.1, 0.15) is 0 Å². The Balaban J connectivity index is 1.66. The third kappa shape index (κ3) is 3.94. The minimum absolute atomic E-state index is 0.373. The van der Waals surface area contributed by atoms with Gasteiger partial charge in [0.05, 0.1) is 0 Å². The molecule has 0 aromatic heterocycles. The van der Waals surface area contributed by atoms with Crippen molar-refractivity contribution >= 4 is 13.5 Å². The van der Waals surface area contributed by atoms with Crippen molar-refractivity contribution in [1.82, 2.24) is 0 Å². The number of hydrogen-bond donors (Lipinski definition) is 0. The molecule has 26 heavy (non-hydrogen) atoms. The summed E-state index contributed by atoms with van der Waals surface area (Å²) in [5, 5.41) is 0.868. The maximum absolute atomic E-state index is 13.8. The van der Waals surface area contributed by atoms with Crippen LogP contribution in [-0.2, 0) is 10.8 Å². The largest absolute Gasteiger partial charge is 0.424 e. The first-order chi connectivity index (χ1) is 12.2. The van der Waals surface area contributed by atoms with Crippen molar-refractivity contribution in [2.45, 2.75) is 44.1 Å². The van der Waals surface area contributed by atoms with Gasteiger partial charge in [0.25, 0.3) is 0 Å². The maximum Gasteiger partial charge on any atom is 0.424 e. The van der Waals surface area contributed by atoms with Gasteiger partial charge in [-0.25, -0.2) is 0 Å². The van der Waals surface area contributed by atoms with Crippen LogP contribution in [0.5, 0.6) is 0 Å². The second-order valence-electron chi connectivity index (χ2n) is 7.22. The zero-order valence-corrected chi connectivity index (χ0v) is 16.0. The Morgan fingerprint density at radius 1 is 0.885 bits per heavy atom. The molecule has 3 rings (SSSR count). The highest BCUT2D eigenvalue weighted by Crippen LogP contribution is 2.53. The van der Waals surface area contributed by atoms with E-state index in [1.807, 2.05) is 73.8 Å². The van der Waals surface area contributed by atoms with Crippen LogP contribution in [0.3, 0.4) is 0 Å². The highest BCUT2D eigenvalue weighted by Gasteiger charge is 2.66. The van der Waals surface area contributed by atoms with Crippen molar-refractivity contribution in [3.63, 3.8) is 0 Å². The number of benzene rings is 2. The van der Waals surface area contributed by atoms with Gasteiger partial charge in [-0.1, -0.05) is 60.7 Å². The van der Waals surface area contributed by atoms with Gasteiger partial charge in [0.15, 0.2) is 5.60 Å². The van der Waals surface area contributed by atoms with E-state index in [1.165, 1.54) is 6.08 Å². The van der Waals surface area contributed by atoms with Crippen LogP contribution in [0.4, 0.5) is 13.2 Å². The van der Waals surface area contributed by atoms with Crippen molar-refractivity contribution < 1.29 is 17.6 Å². The molecule has 0 aliphatic heterocycles. The molecule has 0 heterocycles. The first-order valence-electron chi connectivity index (χ1n) is 8.83. The Hall–Kier alpha value is -1.85. The fourth-order valence-electron chi connectivity index (χ4n) is 3.31. The Bertz CT molecular complexity index is 769. The molecule has 1 unspecified atom stereocenters. The van der Waals surface area contributed by atoms with Crippen LogP contribution >= 0.6 is 0 Å². The quantitative estimate of drug-likeness (QED) is 0.466. The summed E-state index contributed by atoms with van der Waals surface area (Å²) in [4.78, 5) is 0. The first kappa shape index (κ1) is 18.9. The molecule has 0 radical (unpaired) electrons. The lowest BCUT2D eigenvalue weighted by atomic mass is 10.1. The van der Waals surface area contributed by atoms with Gasteiger partial charge in [0, 0.05) is 0 Å². The predicted octanol–water partition coefficient (Wildman–Crippen LogP) is 5.38. The predicted molar refractivity (Wildman–Crippen MR) is 101 cm³/mol. The molecule has 0 saturated heterocycles. The zero-order chi connectivity index (χ0) is 18.8. The number of halogens is 3. The molecule has 1 nitrogen and oxygen atoms in total. The van der Waals surface area contributed by atoms with Gasteiger partial charge in [-0.15, -0.1) is 0 Å². The summed E-state index contributed by atoms with van der Waals surface area (Å²) in [6, 6.07) is 19.1. The van der Waals surface area contributed by atoms with Crippen molar-refractivity contribution in [2.24, 2.45) is 0 Å². The van der Waals surface area contributed by atoms with E-state index in [-0.39, 0.29) is 0 Å². The van der Waals surface area contributed by atoms with Crippen LogP contribution in [0.2, 0.25) is 13.1 Å². The monoisotopic (exact) mass is 376 g/mol. The smallest absolute Gasteiger partial charge is 0.393 e. The third-order valence-electron chi connectivity index (χ3n) is 4.83. The number of alkyl halides is 3. The molecule has 0 bridgehead atoms. The first-order valence-corrected chi connectivity index (χ1v) is 11.7. The molecule has 0 saturated carbocycles. The molecule has 0 N–H and O–H groups in total. The average Bonchev–Trinajstić information content (AvgIpc) is 3.30. The summed E-state index contributed by atoms with van der Waals surface area (Å²) >= 11 is 0. The standard InChI is InChI=1S/C21H23F3OSi/c1-26(2,19-14-7-4-8-15-19)25-20(21(22,23)24)16-18(20)13-9-12-17-10-5-3-6-11-17/h3-8,10-11,14-16H,9,12-13H2,1-2H3. The molecule has 138 valence electrons. The van der Waals surface area contributed by atoms with Crippen LogP contribution in [0, 0.1) is 0 Å². The summed E-state index contributed by atoms with van der Waals surface area (Å²) in [6.07, 6.45) is -1.27. The molecule has 0 fully saturated rings. The fraction of sp³-hybridized carbons (Fsp3) is 0.333. The normalized spacial score (nSPS) is 20.0. The van der Waals surface area contributed by atoms with E-state index < -0.39 is 20.1 Å². The Labute approximate surface area is 153 Å². The van der Waals surface area contributed by atoms with E-state index in [4.69, 9.17) is 4.43 Å². The highest BCUT2D eigenvalue weighted by atomic mass is 28.4. The maximum atomic E-state index is 13.8. The molecule has 2 aromatic rings. The van der Waals surface area contributed by atoms with E-state index in [1.54, 1.807) is 0 Å². The fourth-order valence-corrected chi connectivity index (χ4v) is 5.54.